The van der Waals surface area contributed by atoms with Crippen LogP contribution in [0, 0.1) is 11.8 Å². The molecular formula is C15H30N2O3S. The van der Waals surface area contributed by atoms with E-state index in [4.69, 9.17) is 0 Å². The van der Waals surface area contributed by atoms with Gasteiger partial charge in [0.05, 0.1) is 6.26 Å². The second-order valence-electron chi connectivity index (χ2n) is 5.98. The largest absolute Gasteiger partial charge is 0.303 e. The predicted octanol–water partition coefficient (Wildman–Crippen LogP) is 1.60. The molecule has 1 aliphatic heterocycles. The molecule has 0 spiro atoms. The molecule has 0 aliphatic carbocycles. The van der Waals surface area contributed by atoms with Gasteiger partial charge in [-0.05, 0) is 25.4 Å². The third-order valence-corrected chi connectivity index (χ3v) is 5.75. The monoisotopic (exact) mass is 318 g/mol. The molecule has 124 valence electrons. The van der Waals surface area contributed by atoms with Gasteiger partial charge in [0.2, 0.25) is 10.0 Å². The van der Waals surface area contributed by atoms with Crippen LogP contribution in [0.3, 0.4) is 0 Å². The molecule has 0 N–H and O–H groups in total. The number of carbonyl (C=O) groups excluding carboxylic acids is 1. The molecule has 21 heavy (non-hydrogen) atoms. The Morgan fingerprint density at radius 3 is 2.29 bits per heavy atom. The van der Waals surface area contributed by atoms with Crippen LogP contribution in [0.5, 0.6) is 0 Å². The highest BCUT2D eigenvalue weighted by atomic mass is 32.2. The molecule has 2 atom stereocenters. The number of hydrogen-bond acceptors (Lipinski definition) is 4. The summed E-state index contributed by atoms with van der Waals surface area (Å²) < 4.78 is 24.9. The standard InChI is InChI=1S/C15H30N2O3S/c1-5-8-13-11-17(21(4,19)20)12-14(13)15(18)9-10-16(6-2)7-3/h13-14H,5-12H2,1-4H3/t13-,14?/m0/s1. The summed E-state index contributed by atoms with van der Waals surface area (Å²) in [5, 5.41) is 0. The number of nitrogens with zero attached hydrogens (tertiary/aromatic N) is 2. The van der Waals surface area contributed by atoms with Gasteiger partial charge < -0.3 is 4.90 Å². The van der Waals surface area contributed by atoms with Crippen molar-refractivity contribution in [3.63, 3.8) is 0 Å². The molecule has 0 aromatic rings. The Morgan fingerprint density at radius 1 is 1.19 bits per heavy atom. The summed E-state index contributed by atoms with van der Waals surface area (Å²) in [6.45, 7) is 9.82. The topological polar surface area (TPSA) is 57.7 Å². The molecule has 0 bridgehead atoms. The summed E-state index contributed by atoms with van der Waals surface area (Å²) in [6.07, 6.45) is 3.68. The lowest BCUT2D eigenvalue weighted by Crippen LogP contribution is -2.31. The van der Waals surface area contributed by atoms with Crippen molar-refractivity contribution in [2.45, 2.75) is 40.0 Å². The molecular weight excluding hydrogens is 288 g/mol. The first kappa shape index (κ1) is 18.6. The van der Waals surface area contributed by atoms with E-state index in [0.29, 0.717) is 19.5 Å². The molecule has 0 amide bonds. The molecule has 0 aromatic carbocycles. The first-order valence-electron chi connectivity index (χ1n) is 8.03. The zero-order valence-corrected chi connectivity index (χ0v) is 14.7. The maximum absolute atomic E-state index is 12.5. The third-order valence-electron chi connectivity index (χ3n) is 4.52. The van der Waals surface area contributed by atoms with Crippen molar-refractivity contribution >= 4 is 15.8 Å². The van der Waals surface area contributed by atoms with Crippen LogP contribution in [-0.4, -0.2) is 62.4 Å². The van der Waals surface area contributed by atoms with Gasteiger partial charge in [0.1, 0.15) is 5.78 Å². The van der Waals surface area contributed by atoms with Crippen LogP contribution >= 0.6 is 0 Å². The predicted molar refractivity (Wildman–Crippen MR) is 85.7 cm³/mol. The Bertz CT molecular complexity index is 432. The SMILES string of the molecule is CCC[C@H]1CN(S(C)(=O)=O)CC1C(=O)CCN(CC)CC. The lowest BCUT2D eigenvalue weighted by atomic mass is 9.87. The first-order valence-corrected chi connectivity index (χ1v) is 9.88. The molecule has 1 aliphatic rings. The van der Waals surface area contributed by atoms with Crippen molar-refractivity contribution in [1.29, 1.82) is 0 Å². The van der Waals surface area contributed by atoms with Gasteiger partial charge in [-0.3, -0.25) is 4.79 Å². The van der Waals surface area contributed by atoms with Crippen LogP contribution < -0.4 is 0 Å². The summed E-state index contributed by atoms with van der Waals surface area (Å²) in [6, 6.07) is 0. The van der Waals surface area contributed by atoms with Gasteiger partial charge in [0.15, 0.2) is 0 Å². The molecule has 1 fully saturated rings. The van der Waals surface area contributed by atoms with E-state index in [2.05, 4.69) is 25.7 Å². The molecule has 1 saturated heterocycles. The van der Waals surface area contributed by atoms with Crippen LogP contribution in [0.4, 0.5) is 0 Å². The van der Waals surface area contributed by atoms with Crippen molar-refractivity contribution in [3.05, 3.63) is 0 Å². The fourth-order valence-corrected chi connectivity index (χ4v) is 4.02. The summed E-state index contributed by atoms with van der Waals surface area (Å²) in [5.41, 5.74) is 0. The van der Waals surface area contributed by atoms with Crippen LogP contribution in [0.1, 0.15) is 40.0 Å². The Morgan fingerprint density at radius 2 is 1.81 bits per heavy atom. The third kappa shape index (κ3) is 5.34. The summed E-state index contributed by atoms with van der Waals surface area (Å²) in [4.78, 5) is 14.7. The van der Waals surface area contributed by atoms with E-state index in [0.717, 1.165) is 32.5 Å². The van der Waals surface area contributed by atoms with Gasteiger partial charge in [0, 0.05) is 32.0 Å². The molecule has 6 heteroatoms. The Balaban J connectivity index is 2.67. The molecule has 1 heterocycles. The van der Waals surface area contributed by atoms with E-state index in [1.54, 1.807) is 0 Å². The average Bonchev–Trinajstić information content (AvgIpc) is 2.84. The smallest absolute Gasteiger partial charge is 0.211 e. The zero-order chi connectivity index (χ0) is 16.0. The summed E-state index contributed by atoms with van der Waals surface area (Å²) >= 11 is 0. The highest BCUT2D eigenvalue weighted by Gasteiger charge is 2.39. The van der Waals surface area contributed by atoms with Crippen molar-refractivity contribution in [2.24, 2.45) is 11.8 Å². The van der Waals surface area contributed by atoms with Crippen molar-refractivity contribution < 1.29 is 13.2 Å². The Hall–Kier alpha value is -0.460. The second kappa shape index (κ2) is 8.25. The quantitative estimate of drug-likeness (QED) is 0.648. The fourth-order valence-electron chi connectivity index (χ4n) is 3.12. The van der Waals surface area contributed by atoms with E-state index in [9.17, 15) is 13.2 Å². The Kier molecular flexibility index (Phi) is 7.30. The Labute approximate surface area is 129 Å². The van der Waals surface area contributed by atoms with E-state index in [-0.39, 0.29) is 17.6 Å². The minimum Gasteiger partial charge on any atom is -0.303 e. The highest BCUT2D eigenvalue weighted by Crippen LogP contribution is 2.30. The maximum atomic E-state index is 12.5. The van der Waals surface area contributed by atoms with E-state index >= 15 is 0 Å². The van der Waals surface area contributed by atoms with Crippen LogP contribution in [0.15, 0.2) is 0 Å². The minimum atomic E-state index is -3.19. The van der Waals surface area contributed by atoms with Gasteiger partial charge in [0.25, 0.3) is 0 Å². The highest BCUT2D eigenvalue weighted by molar-refractivity contribution is 7.88. The number of hydrogen-bond donors (Lipinski definition) is 0. The van der Waals surface area contributed by atoms with Crippen molar-refractivity contribution in [2.75, 3.05) is 39.0 Å². The number of Topliss-reactive ketones (excluding diaryl/α,β-unsaturated/α-hetero) is 1. The normalized spacial score (nSPS) is 23.9. The number of sulfonamides is 1. The summed E-state index contributed by atoms with van der Waals surface area (Å²) in [7, 11) is -3.19. The molecule has 0 aromatic heterocycles. The van der Waals surface area contributed by atoms with Crippen molar-refractivity contribution in [3.8, 4) is 0 Å². The first-order chi connectivity index (χ1) is 9.83. The summed E-state index contributed by atoms with van der Waals surface area (Å²) in [5.74, 6) is 0.302. The second-order valence-corrected chi connectivity index (χ2v) is 7.96. The van der Waals surface area contributed by atoms with Crippen molar-refractivity contribution in [1.82, 2.24) is 9.21 Å². The van der Waals surface area contributed by atoms with Gasteiger partial charge in [-0.1, -0.05) is 27.2 Å². The number of carbonyl (C=O) groups is 1. The molecule has 0 radical (unpaired) electrons. The van der Waals surface area contributed by atoms with Crippen LogP contribution in [0.25, 0.3) is 0 Å². The van der Waals surface area contributed by atoms with E-state index in [1.807, 2.05) is 0 Å². The number of rotatable bonds is 9. The van der Waals surface area contributed by atoms with Gasteiger partial charge in [-0.15, -0.1) is 0 Å². The van der Waals surface area contributed by atoms with Crippen LogP contribution in [0.2, 0.25) is 0 Å². The lowest BCUT2D eigenvalue weighted by molar-refractivity contribution is -0.123. The van der Waals surface area contributed by atoms with E-state index < -0.39 is 10.0 Å². The molecule has 1 unspecified atom stereocenters. The van der Waals surface area contributed by atoms with Gasteiger partial charge in [-0.2, -0.15) is 0 Å². The average molecular weight is 318 g/mol. The van der Waals surface area contributed by atoms with Crippen LogP contribution in [-0.2, 0) is 14.8 Å². The lowest BCUT2D eigenvalue weighted by Gasteiger charge is -2.20. The zero-order valence-electron chi connectivity index (χ0n) is 13.8. The minimum absolute atomic E-state index is 0.116. The fraction of sp³-hybridized carbons (Fsp3) is 0.933. The molecule has 1 rings (SSSR count). The van der Waals surface area contributed by atoms with Gasteiger partial charge >= 0.3 is 0 Å². The van der Waals surface area contributed by atoms with Gasteiger partial charge in [-0.25, -0.2) is 12.7 Å². The van der Waals surface area contributed by atoms with E-state index in [1.165, 1.54) is 10.6 Å². The molecule has 0 saturated carbocycles. The molecule has 5 nitrogen and oxygen atoms in total. The number of ketones is 1. The maximum Gasteiger partial charge on any atom is 0.211 e.